The first-order valence-electron chi connectivity index (χ1n) is 3.26. The van der Waals surface area contributed by atoms with Gasteiger partial charge in [0.15, 0.2) is 11.6 Å². The molecule has 0 aliphatic rings. The second-order valence-corrected chi connectivity index (χ2v) is 3.69. The highest BCUT2D eigenvalue weighted by molar-refractivity contribution is 7.85. The number of benzene rings is 1. The largest absolute Gasteiger partial charge is 0.494 e. The van der Waals surface area contributed by atoms with Crippen LogP contribution in [0.15, 0.2) is 23.1 Å². The summed E-state index contributed by atoms with van der Waals surface area (Å²) in [6, 6.07) is 2.86. The molecule has 0 spiro atoms. The third kappa shape index (κ3) is 2.16. The lowest BCUT2D eigenvalue weighted by Crippen LogP contribution is -1.99. The molecule has 0 aliphatic heterocycles. The summed E-state index contributed by atoms with van der Waals surface area (Å²) in [6.07, 6.45) is 0. The van der Waals surface area contributed by atoms with Crippen molar-refractivity contribution in [3.63, 3.8) is 0 Å². The van der Waals surface area contributed by atoms with Gasteiger partial charge in [-0.2, -0.15) is 8.42 Å². The van der Waals surface area contributed by atoms with Crippen LogP contribution in [0.2, 0.25) is 0 Å². The molecule has 72 valence electrons. The van der Waals surface area contributed by atoms with Crippen LogP contribution >= 0.6 is 0 Å². The molecule has 13 heavy (non-hydrogen) atoms. The lowest BCUT2D eigenvalue weighted by Gasteiger charge is -2.02. The van der Waals surface area contributed by atoms with E-state index < -0.39 is 20.8 Å². The second-order valence-electron chi connectivity index (χ2n) is 2.27. The number of methoxy groups -OCH3 is 1. The molecule has 1 aromatic carbocycles. The minimum absolute atomic E-state index is 0.0765. The van der Waals surface area contributed by atoms with Crippen molar-refractivity contribution in [2.75, 3.05) is 7.11 Å². The van der Waals surface area contributed by atoms with Crippen molar-refractivity contribution in [3.05, 3.63) is 24.0 Å². The molecule has 0 amide bonds. The van der Waals surface area contributed by atoms with E-state index in [-0.39, 0.29) is 5.75 Å². The standard InChI is InChI=1S/C7H7FO4S/c1-12-7-3-2-5(4-6(7)8)13(9,10)11/h2-4H,1H3,(H,9,10,11). The maximum Gasteiger partial charge on any atom is 0.294 e. The monoisotopic (exact) mass is 206 g/mol. The topological polar surface area (TPSA) is 63.6 Å². The Morgan fingerprint density at radius 1 is 1.46 bits per heavy atom. The predicted octanol–water partition coefficient (Wildman–Crippen LogP) is 1.08. The Morgan fingerprint density at radius 2 is 2.08 bits per heavy atom. The fraction of sp³-hybridized carbons (Fsp3) is 0.143. The van der Waals surface area contributed by atoms with Crippen LogP contribution in [0, 0.1) is 5.82 Å². The predicted molar refractivity (Wildman–Crippen MR) is 42.8 cm³/mol. The van der Waals surface area contributed by atoms with Gasteiger partial charge in [0.05, 0.1) is 12.0 Å². The number of hydrogen-bond acceptors (Lipinski definition) is 3. The summed E-state index contributed by atoms with van der Waals surface area (Å²) in [4.78, 5) is -0.495. The zero-order chi connectivity index (χ0) is 10.1. The zero-order valence-corrected chi connectivity index (χ0v) is 7.51. The van der Waals surface area contributed by atoms with Crippen molar-refractivity contribution in [1.29, 1.82) is 0 Å². The van der Waals surface area contributed by atoms with Gasteiger partial charge in [0.25, 0.3) is 10.1 Å². The summed E-state index contributed by atoms with van der Waals surface area (Å²) in [5.74, 6) is -0.912. The van der Waals surface area contributed by atoms with E-state index >= 15 is 0 Å². The molecular weight excluding hydrogens is 199 g/mol. The first-order chi connectivity index (χ1) is 5.95. The van der Waals surface area contributed by atoms with Crippen LogP contribution in [0.1, 0.15) is 0 Å². The molecule has 0 aromatic heterocycles. The Hall–Kier alpha value is -1.14. The molecule has 0 saturated heterocycles. The van der Waals surface area contributed by atoms with Gasteiger partial charge < -0.3 is 4.74 Å². The Bertz CT molecular complexity index is 413. The van der Waals surface area contributed by atoms with Crippen molar-refractivity contribution >= 4 is 10.1 Å². The second kappa shape index (κ2) is 3.31. The van der Waals surface area contributed by atoms with E-state index in [2.05, 4.69) is 4.74 Å². The van der Waals surface area contributed by atoms with Gasteiger partial charge in [0.1, 0.15) is 0 Å². The van der Waals surface area contributed by atoms with Gasteiger partial charge in [-0.25, -0.2) is 4.39 Å². The molecule has 0 saturated carbocycles. The van der Waals surface area contributed by atoms with E-state index in [9.17, 15) is 12.8 Å². The summed E-state index contributed by atoms with van der Waals surface area (Å²) < 4.78 is 47.0. The van der Waals surface area contributed by atoms with Crippen LogP contribution in [0.4, 0.5) is 4.39 Å². The van der Waals surface area contributed by atoms with Gasteiger partial charge in [-0.15, -0.1) is 0 Å². The lowest BCUT2D eigenvalue weighted by atomic mass is 10.3. The van der Waals surface area contributed by atoms with Crippen LogP contribution in [-0.4, -0.2) is 20.1 Å². The van der Waals surface area contributed by atoms with Crippen LogP contribution in [0.25, 0.3) is 0 Å². The van der Waals surface area contributed by atoms with E-state index in [1.807, 2.05) is 0 Å². The maximum absolute atomic E-state index is 12.9. The lowest BCUT2D eigenvalue weighted by molar-refractivity contribution is 0.385. The summed E-state index contributed by atoms with van der Waals surface area (Å²) in [5, 5.41) is 0. The van der Waals surface area contributed by atoms with E-state index in [0.29, 0.717) is 6.07 Å². The average molecular weight is 206 g/mol. The molecule has 1 aromatic rings. The van der Waals surface area contributed by atoms with E-state index in [4.69, 9.17) is 4.55 Å². The van der Waals surface area contributed by atoms with E-state index in [0.717, 1.165) is 12.1 Å². The minimum atomic E-state index is -4.35. The van der Waals surface area contributed by atoms with Gasteiger partial charge in [0.2, 0.25) is 0 Å². The molecule has 1 N–H and O–H groups in total. The number of hydrogen-bond donors (Lipinski definition) is 1. The summed E-state index contributed by atoms with van der Waals surface area (Å²) in [7, 11) is -3.09. The normalized spacial score (nSPS) is 11.3. The maximum atomic E-state index is 12.9. The Morgan fingerprint density at radius 3 is 2.46 bits per heavy atom. The third-order valence-electron chi connectivity index (χ3n) is 1.42. The Labute approximate surface area is 74.7 Å². The zero-order valence-electron chi connectivity index (χ0n) is 6.69. The van der Waals surface area contributed by atoms with Crippen molar-refractivity contribution in [1.82, 2.24) is 0 Å². The Balaban J connectivity index is 3.26. The smallest absolute Gasteiger partial charge is 0.294 e. The Kier molecular flexibility index (Phi) is 2.53. The van der Waals surface area contributed by atoms with Crippen molar-refractivity contribution < 1.29 is 22.1 Å². The van der Waals surface area contributed by atoms with Crippen molar-refractivity contribution in [3.8, 4) is 5.75 Å². The molecule has 0 heterocycles. The van der Waals surface area contributed by atoms with Crippen molar-refractivity contribution in [2.24, 2.45) is 0 Å². The van der Waals surface area contributed by atoms with Crippen LogP contribution in [0.3, 0.4) is 0 Å². The number of rotatable bonds is 2. The van der Waals surface area contributed by atoms with E-state index in [1.54, 1.807) is 0 Å². The van der Waals surface area contributed by atoms with Crippen LogP contribution in [0.5, 0.6) is 5.75 Å². The molecule has 0 aliphatic carbocycles. The van der Waals surface area contributed by atoms with Crippen LogP contribution in [-0.2, 0) is 10.1 Å². The molecule has 0 unspecified atom stereocenters. The fourth-order valence-corrected chi connectivity index (χ4v) is 1.30. The van der Waals surface area contributed by atoms with Gasteiger partial charge in [0, 0.05) is 0 Å². The minimum Gasteiger partial charge on any atom is -0.494 e. The van der Waals surface area contributed by atoms with Gasteiger partial charge >= 0.3 is 0 Å². The summed E-state index contributed by atoms with van der Waals surface area (Å²) >= 11 is 0. The fourth-order valence-electron chi connectivity index (χ4n) is 0.808. The molecule has 0 radical (unpaired) electrons. The molecule has 6 heteroatoms. The van der Waals surface area contributed by atoms with Crippen molar-refractivity contribution in [2.45, 2.75) is 4.90 Å². The molecule has 0 fully saturated rings. The molecule has 1 rings (SSSR count). The molecular formula is C7H7FO4S. The molecule has 4 nitrogen and oxygen atoms in total. The summed E-state index contributed by atoms with van der Waals surface area (Å²) in [5.41, 5.74) is 0. The highest BCUT2D eigenvalue weighted by Gasteiger charge is 2.12. The SMILES string of the molecule is COc1ccc(S(=O)(=O)O)cc1F. The van der Waals surface area contributed by atoms with E-state index in [1.165, 1.54) is 7.11 Å². The number of halogens is 1. The highest BCUT2D eigenvalue weighted by atomic mass is 32.2. The quantitative estimate of drug-likeness (QED) is 0.735. The van der Waals surface area contributed by atoms with Gasteiger partial charge in [-0.1, -0.05) is 0 Å². The first-order valence-corrected chi connectivity index (χ1v) is 4.70. The highest BCUT2D eigenvalue weighted by Crippen LogP contribution is 2.19. The third-order valence-corrected chi connectivity index (χ3v) is 2.27. The van der Waals surface area contributed by atoms with Gasteiger partial charge in [-0.3, -0.25) is 4.55 Å². The summed E-state index contributed by atoms with van der Waals surface area (Å²) in [6.45, 7) is 0. The average Bonchev–Trinajstić information content (AvgIpc) is 2.02. The van der Waals surface area contributed by atoms with Gasteiger partial charge in [-0.05, 0) is 18.2 Å². The molecule has 0 bridgehead atoms. The first kappa shape index (κ1) is 9.94. The van der Waals surface area contributed by atoms with Crippen LogP contribution < -0.4 is 4.74 Å². The number of ether oxygens (including phenoxy) is 1. The molecule has 0 atom stereocenters.